The predicted molar refractivity (Wildman–Crippen MR) is 81.3 cm³/mol. The van der Waals surface area contributed by atoms with Gasteiger partial charge in [0, 0.05) is 16.2 Å². The van der Waals surface area contributed by atoms with Crippen LogP contribution in [0.4, 0.5) is 13.2 Å². The molecule has 3 nitrogen and oxygen atoms in total. The Morgan fingerprint density at radius 3 is 2.83 bits per heavy atom. The summed E-state index contributed by atoms with van der Waals surface area (Å²) in [5.74, 6) is -0.438. The normalized spacial score (nSPS) is 25.2. The van der Waals surface area contributed by atoms with Gasteiger partial charge in [-0.15, -0.1) is 11.8 Å². The molecule has 1 saturated heterocycles. The smallest absolute Gasteiger partial charge is 0.416 e. The Labute approximate surface area is 137 Å². The van der Waals surface area contributed by atoms with E-state index in [1.807, 2.05) is 6.92 Å². The first-order chi connectivity index (χ1) is 10.8. The maximum atomic E-state index is 12.8. The molecule has 1 fully saturated rings. The molecule has 2 atom stereocenters. The van der Waals surface area contributed by atoms with E-state index in [-0.39, 0.29) is 4.75 Å². The summed E-state index contributed by atoms with van der Waals surface area (Å²) in [5, 5.41) is 0. The third-order valence-electron chi connectivity index (χ3n) is 4.04. The van der Waals surface area contributed by atoms with Crippen LogP contribution in [0.25, 0.3) is 0 Å². The highest BCUT2D eigenvalue weighted by atomic mass is 32.2. The minimum atomic E-state index is -4.36. The van der Waals surface area contributed by atoms with Crippen molar-refractivity contribution in [2.45, 2.75) is 48.1 Å². The highest BCUT2D eigenvalue weighted by molar-refractivity contribution is 8.00. The summed E-state index contributed by atoms with van der Waals surface area (Å²) < 4.78 is 48.4. The Balaban J connectivity index is 2.20. The van der Waals surface area contributed by atoms with Crippen molar-refractivity contribution in [3.8, 4) is 0 Å². The molecule has 0 aromatic heterocycles. The largest absolute Gasteiger partial charge is 0.467 e. The zero-order valence-corrected chi connectivity index (χ0v) is 13.8. The highest BCUT2D eigenvalue weighted by Gasteiger charge is 2.40. The summed E-state index contributed by atoms with van der Waals surface area (Å²) >= 11 is 1.39. The average Bonchev–Trinajstić information content (AvgIpc) is 2.53. The van der Waals surface area contributed by atoms with Crippen LogP contribution in [0.5, 0.6) is 0 Å². The Hall–Kier alpha value is -1.21. The lowest BCUT2D eigenvalue weighted by molar-refractivity contribution is -0.158. The van der Waals surface area contributed by atoms with E-state index in [1.165, 1.54) is 24.9 Å². The minimum absolute atomic E-state index is 0.332. The van der Waals surface area contributed by atoms with Gasteiger partial charge in [0.05, 0.1) is 12.7 Å². The zero-order valence-electron chi connectivity index (χ0n) is 13.0. The summed E-state index contributed by atoms with van der Waals surface area (Å²) in [7, 11) is 1.30. The summed E-state index contributed by atoms with van der Waals surface area (Å²) in [6.45, 7) is 2.36. The van der Waals surface area contributed by atoms with E-state index in [1.54, 1.807) is 6.07 Å². The fourth-order valence-electron chi connectivity index (χ4n) is 2.64. The number of benzene rings is 1. The van der Waals surface area contributed by atoms with Crippen LogP contribution in [0.2, 0.25) is 0 Å². The van der Waals surface area contributed by atoms with Gasteiger partial charge in [-0.1, -0.05) is 13.0 Å². The SMILES string of the molecule is CCC1(Sc2cccc(C(F)(F)F)c2)CCOC(C(=O)OC)C1. The second kappa shape index (κ2) is 7.13. The van der Waals surface area contributed by atoms with Crippen LogP contribution in [-0.4, -0.2) is 30.5 Å². The van der Waals surface area contributed by atoms with Crippen molar-refractivity contribution < 1.29 is 27.4 Å². The number of thioether (sulfide) groups is 1. The topological polar surface area (TPSA) is 35.5 Å². The van der Waals surface area contributed by atoms with E-state index in [2.05, 4.69) is 0 Å². The van der Waals surface area contributed by atoms with Gasteiger partial charge >= 0.3 is 12.1 Å². The number of carbonyl (C=O) groups excluding carboxylic acids is 1. The molecule has 0 saturated carbocycles. The lowest BCUT2D eigenvalue weighted by Gasteiger charge is -2.39. The van der Waals surface area contributed by atoms with Gasteiger partial charge in [-0.25, -0.2) is 4.79 Å². The Morgan fingerprint density at radius 1 is 1.48 bits per heavy atom. The number of alkyl halides is 3. The standard InChI is InChI=1S/C16H19F3O3S/c1-3-15(7-8-22-13(10-15)14(20)21-2)23-12-6-4-5-11(9-12)16(17,18)19/h4-6,9,13H,3,7-8,10H2,1-2H3. The summed E-state index contributed by atoms with van der Waals surface area (Å²) in [6, 6.07) is 5.29. The van der Waals surface area contributed by atoms with Gasteiger partial charge in [-0.3, -0.25) is 0 Å². The lowest BCUT2D eigenvalue weighted by Crippen LogP contribution is -2.42. The molecule has 23 heavy (non-hydrogen) atoms. The van der Waals surface area contributed by atoms with Crippen molar-refractivity contribution in [3.63, 3.8) is 0 Å². The highest BCUT2D eigenvalue weighted by Crippen LogP contribution is 2.45. The van der Waals surface area contributed by atoms with Crippen molar-refractivity contribution in [2.75, 3.05) is 13.7 Å². The molecular weight excluding hydrogens is 329 g/mol. The van der Waals surface area contributed by atoms with E-state index < -0.39 is 23.8 Å². The first-order valence-electron chi connectivity index (χ1n) is 7.35. The molecule has 1 aliphatic rings. The zero-order chi connectivity index (χ0) is 17.1. The maximum absolute atomic E-state index is 12.8. The number of carbonyl (C=O) groups is 1. The second-order valence-corrected chi connectivity index (χ2v) is 7.04. The number of methoxy groups -OCH3 is 1. The molecule has 2 rings (SSSR count). The van der Waals surface area contributed by atoms with Crippen LogP contribution in [-0.2, 0) is 20.4 Å². The van der Waals surface area contributed by atoms with Crippen LogP contribution in [0.15, 0.2) is 29.2 Å². The van der Waals surface area contributed by atoms with E-state index >= 15 is 0 Å². The summed E-state index contributed by atoms with van der Waals surface area (Å²) in [4.78, 5) is 12.3. The van der Waals surface area contributed by atoms with Gasteiger partial charge in [-0.2, -0.15) is 13.2 Å². The molecule has 1 heterocycles. The number of hydrogen-bond acceptors (Lipinski definition) is 4. The average molecular weight is 348 g/mol. The third kappa shape index (κ3) is 4.41. The molecule has 0 aliphatic carbocycles. The molecule has 2 unspecified atom stereocenters. The molecule has 0 N–H and O–H groups in total. The summed E-state index contributed by atoms with van der Waals surface area (Å²) in [6.07, 6.45) is -3.19. The molecule has 1 aromatic carbocycles. The van der Waals surface area contributed by atoms with Crippen molar-refractivity contribution in [1.29, 1.82) is 0 Å². The Bertz CT molecular complexity index is 562. The van der Waals surface area contributed by atoms with Gasteiger partial charge in [0.25, 0.3) is 0 Å². The number of rotatable bonds is 4. The van der Waals surface area contributed by atoms with Gasteiger partial charge < -0.3 is 9.47 Å². The van der Waals surface area contributed by atoms with Gasteiger partial charge in [-0.05, 0) is 37.5 Å². The summed E-state index contributed by atoms with van der Waals surface area (Å²) in [5.41, 5.74) is -0.662. The first kappa shape index (κ1) is 18.1. The Kier molecular flexibility index (Phi) is 5.62. The molecule has 7 heteroatoms. The van der Waals surface area contributed by atoms with E-state index in [0.717, 1.165) is 18.6 Å². The van der Waals surface area contributed by atoms with Crippen LogP contribution in [0.3, 0.4) is 0 Å². The van der Waals surface area contributed by atoms with Crippen molar-refractivity contribution in [1.82, 2.24) is 0 Å². The fraction of sp³-hybridized carbons (Fsp3) is 0.562. The molecular formula is C16H19F3O3S. The van der Waals surface area contributed by atoms with E-state index in [0.29, 0.717) is 24.3 Å². The second-order valence-electron chi connectivity index (χ2n) is 5.50. The van der Waals surface area contributed by atoms with Crippen LogP contribution in [0.1, 0.15) is 31.7 Å². The third-order valence-corrected chi connectivity index (χ3v) is 5.62. The van der Waals surface area contributed by atoms with Gasteiger partial charge in [0.2, 0.25) is 0 Å². The molecule has 0 bridgehead atoms. The molecule has 0 radical (unpaired) electrons. The minimum Gasteiger partial charge on any atom is -0.467 e. The number of halogens is 3. The quantitative estimate of drug-likeness (QED) is 0.760. The van der Waals surface area contributed by atoms with Gasteiger partial charge in [0.15, 0.2) is 6.10 Å². The number of hydrogen-bond donors (Lipinski definition) is 0. The molecule has 0 amide bonds. The molecule has 1 aromatic rings. The van der Waals surface area contributed by atoms with Crippen molar-refractivity contribution in [3.05, 3.63) is 29.8 Å². The molecule has 128 valence electrons. The first-order valence-corrected chi connectivity index (χ1v) is 8.17. The van der Waals surface area contributed by atoms with Crippen molar-refractivity contribution >= 4 is 17.7 Å². The van der Waals surface area contributed by atoms with Crippen molar-refractivity contribution in [2.24, 2.45) is 0 Å². The van der Waals surface area contributed by atoms with Crippen LogP contribution in [0, 0.1) is 0 Å². The maximum Gasteiger partial charge on any atom is 0.416 e. The predicted octanol–water partition coefficient (Wildman–Crippen LogP) is 4.30. The Morgan fingerprint density at radius 2 is 2.22 bits per heavy atom. The van der Waals surface area contributed by atoms with Gasteiger partial charge in [0.1, 0.15) is 0 Å². The monoisotopic (exact) mass is 348 g/mol. The molecule has 0 spiro atoms. The number of ether oxygens (including phenoxy) is 2. The fourth-order valence-corrected chi connectivity index (χ4v) is 4.04. The van der Waals surface area contributed by atoms with E-state index in [9.17, 15) is 18.0 Å². The van der Waals surface area contributed by atoms with Crippen LogP contribution >= 0.6 is 11.8 Å². The van der Waals surface area contributed by atoms with Crippen LogP contribution < -0.4 is 0 Å². The van der Waals surface area contributed by atoms with E-state index in [4.69, 9.17) is 9.47 Å². The molecule has 1 aliphatic heterocycles. The number of esters is 1. The lowest BCUT2D eigenvalue weighted by atomic mass is 9.92.